The van der Waals surface area contributed by atoms with Crippen molar-refractivity contribution in [1.29, 1.82) is 0 Å². The van der Waals surface area contributed by atoms with Gasteiger partial charge in [0.2, 0.25) is 0 Å². The van der Waals surface area contributed by atoms with E-state index < -0.39 is 23.4 Å². The molecule has 6 nitrogen and oxygen atoms in total. The monoisotopic (exact) mass is 481 g/mol. The zero-order chi connectivity index (χ0) is 26.0. The van der Waals surface area contributed by atoms with E-state index in [1.165, 1.54) is 0 Å². The fourth-order valence-corrected chi connectivity index (χ4v) is 4.02. The van der Waals surface area contributed by atoms with Gasteiger partial charge in [0.15, 0.2) is 0 Å². The molecule has 2 aromatic carbocycles. The van der Waals surface area contributed by atoms with Gasteiger partial charge in [-0.05, 0) is 75.3 Å². The van der Waals surface area contributed by atoms with E-state index in [1.807, 2.05) is 57.2 Å². The third-order valence-corrected chi connectivity index (χ3v) is 6.01. The predicted molar refractivity (Wildman–Crippen MR) is 138 cm³/mol. The topological polar surface area (TPSA) is 92.7 Å². The van der Waals surface area contributed by atoms with Crippen LogP contribution in [0.15, 0.2) is 48.5 Å². The first-order valence-electron chi connectivity index (χ1n) is 12.4. The molecule has 0 aliphatic rings. The molecule has 2 N–H and O–H groups in total. The lowest BCUT2D eigenvalue weighted by Crippen LogP contribution is -2.31. The number of aliphatic carboxylic acids is 1. The highest BCUT2D eigenvalue weighted by Gasteiger charge is 2.30. The van der Waals surface area contributed by atoms with Gasteiger partial charge in [-0.1, -0.05) is 56.2 Å². The van der Waals surface area contributed by atoms with E-state index in [0.29, 0.717) is 31.2 Å². The summed E-state index contributed by atoms with van der Waals surface area (Å²) in [5.41, 5.74) is 3.09. The average molecular weight is 482 g/mol. The Hall–Kier alpha value is -3.15. The summed E-state index contributed by atoms with van der Waals surface area (Å²) in [6.45, 7) is 7.55. The van der Waals surface area contributed by atoms with Crippen LogP contribution in [-0.4, -0.2) is 35.6 Å². The van der Waals surface area contributed by atoms with Crippen LogP contribution in [-0.2, 0) is 20.7 Å². The standard InChI is InChI=1S/C29H39NO5/c1-6-7-8-25(28(34)35-29(2,3)4)19-24(27(32)33)14-11-20-9-12-21(13-10-20)22-15-17-23(18-16-22)26(31)30-5/h9-10,12-13,15-18,24-25H,6-8,11,14,19H2,1-5H3,(H,30,31)(H,32,33)/t24-,25+/m1/s1. The summed E-state index contributed by atoms with van der Waals surface area (Å²) in [6.07, 6.45) is 3.81. The highest BCUT2D eigenvalue weighted by atomic mass is 16.6. The SMILES string of the molecule is CCCC[C@@H](C[C@@H](CCc1ccc(-c2ccc(C(=O)NC)cc2)cc1)C(=O)O)C(=O)OC(C)(C)C. The number of amides is 1. The molecule has 0 fully saturated rings. The van der Waals surface area contributed by atoms with Crippen LogP contribution in [0.3, 0.4) is 0 Å². The number of benzene rings is 2. The van der Waals surface area contributed by atoms with E-state index in [2.05, 4.69) is 12.2 Å². The average Bonchev–Trinajstić information content (AvgIpc) is 2.82. The molecule has 0 bridgehead atoms. The normalized spacial score (nSPS) is 13.1. The van der Waals surface area contributed by atoms with E-state index in [9.17, 15) is 19.5 Å². The second-order valence-electron chi connectivity index (χ2n) is 10.0. The van der Waals surface area contributed by atoms with Crippen molar-refractivity contribution < 1.29 is 24.2 Å². The summed E-state index contributed by atoms with van der Waals surface area (Å²) in [7, 11) is 1.60. The van der Waals surface area contributed by atoms with Crippen molar-refractivity contribution in [3.63, 3.8) is 0 Å². The van der Waals surface area contributed by atoms with Gasteiger partial charge in [-0.15, -0.1) is 0 Å². The van der Waals surface area contributed by atoms with Gasteiger partial charge in [-0.2, -0.15) is 0 Å². The second kappa shape index (κ2) is 13.1. The lowest BCUT2D eigenvalue weighted by molar-refractivity contribution is -0.161. The Morgan fingerprint density at radius 1 is 0.914 bits per heavy atom. The van der Waals surface area contributed by atoms with Crippen molar-refractivity contribution in [1.82, 2.24) is 5.32 Å². The van der Waals surface area contributed by atoms with Crippen molar-refractivity contribution in [3.8, 4) is 11.1 Å². The molecule has 0 aliphatic heterocycles. The Bertz CT molecular complexity index is 974. The fraction of sp³-hybridized carbons (Fsp3) is 0.483. The van der Waals surface area contributed by atoms with Gasteiger partial charge in [0.1, 0.15) is 5.60 Å². The molecule has 0 unspecified atom stereocenters. The van der Waals surface area contributed by atoms with Crippen molar-refractivity contribution in [2.24, 2.45) is 11.8 Å². The van der Waals surface area contributed by atoms with Crippen LogP contribution in [0.1, 0.15) is 75.7 Å². The lowest BCUT2D eigenvalue weighted by Gasteiger charge is -2.25. The highest BCUT2D eigenvalue weighted by Crippen LogP contribution is 2.27. The van der Waals surface area contributed by atoms with Crippen molar-refractivity contribution >= 4 is 17.8 Å². The maximum atomic E-state index is 12.7. The van der Waals surface area contributed by atoms with Crippen LogP contribution in [0.2, 0.25) is 0 Å². The Morgan fingerprint density at radius 3 is 1.97 bits per heavy atom. The van der Waals surface area contributed by atoms with E-state index >= 15 is 0 Å². The summed E-state index contributed by atoms with van der Waals surface area (Å²) in [6, 6.07) is 15.4. The third kappa shape index (κ3) is 9.19. The number of esters is 1. The van der Waals surface area contributed by atoms with Gasteiger partial charge in [-0.3, -0.25) is 14.4 Å². The van der Waals surface area contributed by atoms with Gasteiger partial charge in [0.05, 0.1) is 11.8 Å². The Balaban J connectivity index is 2.03. The molecule has 0 spiro atoms. The smallest absolute Gasteiger partial charge is 0.309 e. The Kier molecular flexibility index (Phi) is 10.5. The van der Waals surface area contributed by atoms with Crippen molar-refractivity contribution in [2.75, 3.05) is 7.05 Å². The number of carboxylic acid groups (broad SMARTS) is 1. The van der Waals surface area contributed by atoms with Crippen LogP contribution in [0, 0.1) is 11.8 Å². The zero-order valence-corrected chi connectivity index (χ0v) is 21.6. The molecule has 2 rings (SSSR count). The minimum absolute atomic E-state index is 0.122. The van der Waals surface area contributed by atoms with Gasteiger partial charge >= 0.3 is 11.9 Å². The maximum absolute atomic E-state index is 12.7. The van der Waals surface area contributed by atoms with Crippen molar-refractivity contribution in [2.45, 2.75) is 71.8 Å². The van der Waals surface area contributed by atoms with Crippen molar-refractivity contribution in [3.05, 3.63) is 59.7 Å². The molecule has 0 heterocycles. The molecule has 0 radical (unpaired) electrons. The quantitative estimate of drug-likeness (QED) is 0.369. The molecule has 35 heavy (non-hydrogen) atoms. The molecular weight excluding hydrogens is 442 g/mol. The molecule has 1 amide bonds. The van der Waals surface area contributed by atoms with Gasteiger partial charge in [0.25, 0.3) is 5.91 Å². The Morgan fingerprint density at radius 2 is 1.49 bits per heavy atom. The number of carboxylic acids is 1. The van der Waals surface area contributed by atoms with Crippen LogP contribution in [0.5, 0.6) is 0 Å². The van der Waals surface area contributed by atoms with Gasteiger partial charge < -0.3 is 15.2 Å². The molecule has 0 aromatic heterocycles. The Labute approximate surface area is 209 Å². The number of aryl methyl sites for hydroxylation is 1. The first kappa shape index (κ1) is 28.1. The molecule has 0 aliphatic carbocycles. The largest absolute Gasteiger partial charge is 0.481 e. The number of ether oxygens (including phenoxy) is 1. The van der Waals surface area contributed by atoms with Gasteiger partial charge in [0, 0.05) is 12.6 Å². The van der Waals surface area contributed by atoms with Crippen LogP contribution in [0.4, 0.5) is 0 Å². The summed E-state index contributed by atoms with van der Waals surface area (Å²) in [5.74, 6) is -2.31. The predicted octanol–water partition coefficient (Wildman–Crippen LogP) is 5.88. The number of hydrogen-bond acceptors (Lipinski definition) is 4. The number of unbranched alkanes of at least 4 members (excludes halogenated alkanes) is 1. The van der Waals surface area contributed by atoms with Crippen LogP contribution < -0.4 is 5.32 Å². The summed E-state index contributed by atoms with van der Waals surface area (Å²) < 4.78 is 5.57. The van der Waals surface area contributed by atoms with Gasteiger partial charge in [-0.25, -0.2) is 0 Å². The maximum Gasteiger partial charge on any atom is 0.309 e. The van der Waals surface area contributed by atoms with E-state index in [0.717, 1.165) is 29.5 Å². The molecular formula is C29H39NO5. The fourth-order valence-electron chi connectivity index (χ4n) is 4.02. The first-order valence-corrected chi connectivity index (χ1v) is 12.4. The number of rotatable bonds is 12. The second-order valence-corrected chi connectivity index (χ2v) is 10.0. The number of nitrogens with one attached hydrogen (secondary N) is 1. The summed E-state index contributed by atoms with van der Waals surface area (Å²) >= 11 is 0. The van der Waals surface area contributed by atoms with E-state index in [-0.39, 0.29) is 11.9 Å². The third-order valence-electron chi connectivity index (χ3n) is 6.01. The number of hydrogen-bond donors (Lipinski definition) is 2. The minimum Gasteiger partial charge on any atom is -0.481 e. The van der Waals surface area contributed by atoms with Crippen LogP contribution in [0.25, 0.3) is 11.1 Å². The van der Waals surface area contributed by atoms with E-state index in [4.69, 9.17) is 4.74 Å². The van der Waals surface area contributed by atoms with Crippen LogP contribution >= 0.6 is 0 Å². The summed E-state index contributed by atoms with van der Waals surface area (Å²) in [4.78, 5) is 36.4. The molecule has 2 atom stereocenters. The minimum atomic E-state index is -0.872. The molecule has 0 saturated heterocycles. The highest BCUT2D eigenvalue weighted by molar-refractivity contribution is 5.94. The molecule has 0 saturated carbocycles. The zero-order valence-electron chi connectivity index (χ0n) is 21.6. The lowest BCUT2D eigenvalue weighted by atomic mass is 9.86. The van der Waals surface area contributed by atoms with E-state index in [1.54, 1.807) is 19.2 Å². The summed E-state index contributed by atoms with van der Waals surface area (Å²) in [5, 5.41) is 12.4. The number of carbonyl (C=O) groups excluding carboxylic acids is 2. The first-order chi connectivity index (χ1) is 16.5. The molecule has 190 valence electrons. The number of carbonyl (C=O) groups is 3. The molecule has 2 aromatic rings. The molecule has 6 heteroatoms.